The fourth-order valence-corrected chi connectivity index (χ4v) is 1.53. The number of para-hydroxylation sites is 2. The molecule has 0 amide bonds. The van der Waals surface area contributed by atoms with Crippen LogP contribution < -0.4 is 9.47 Å². The van der Waals surface area contributed by atoms with Crippen LogP contribution in [0.15, 0.2) is 42.5 Å². The average molecular weight is 246 g/mol. The van der Waals surface area contributed by atoms with Crippen LogP contribution in [0.3, 0.4) is 0 Å². The van der Waals surface area contributed by atoms with Crippen LogP contribution in [-0.4, -0.2) is 17.3 Å². The number of phenols is 2. The van der Waals surface area contributed by atoms with Crippen molar-refractivity contribution in [3.05, 3.63) is 48.0 Å². The molecule has 0 aromatic heterocycles. The molecule has 4 heteroatoms. The van der Waals surface area contributed by atoms with Gasteiger partial charge in [-0.05, 0) is 24.3 Å². The lowest BCUT2D eigenvalue weighted by Gasteiger charge is -2.10. The fraction of sp³-hybridized carbons (Fsp3) is 0.143. The largest absolute Gasteiger partial charge is 0.507 e. The van der Waals surface area contributed by atoms with Crippen molar-refractivity contribution in [3.8, 4) is 23.0 Å². The quantitative estimate of drug-likeness (QED) is 0.870. The average Bonchev–Trinajstić information content (AvgIpc) is 2.39. The van der Waals surface area contributed by atoms with Gasteiger partial charge in [0.05, 0.1) is 7.11 Å². The Morgan fingerprint density at radius 1 is 1.00 bits per heavy atom. The molecule has 0 aliphatic heterocycles. The molecule has 0 spiro atoms. The molecule has 2 aromatic rings. The predicted octanol–water partition coefficient (Wildman–Crippen LogP) is 2.69. The summed E-state index contributed by atoms with van der Waals surface area (Å²) in [4.78, 5) is 0. The van der Waals surface area contributed by atoms with Gasteiger partial charge in [-0.15, -0.1) is 0 Å². The first-order valence-corrected chi connectivity index (χ1v) is 5.47. The van der Waals surface area contributed by atoms with Crippen molar-refractivity contribution in [2.24, 2.45) is 0 Å². The maximum Gasteiger partial charge on any atom is 0.161 e. The smallest absolute Gasteiger partial charge is 0.161 e. The maximum absolute atomic E-state index is 9.75. The number of hydrogen-bond acceptors (Lipinski definition) is 4. The monoisotopic (exact) mass is 246 g/mol. The van der Waals surface area contributed by atoms with Crippen molar-refractivity contribution in [2.75, 3.05) is 7.11 Å². The van der Waals surface area contributed by atoms with Gasteiger partial charge in [0.15, 0.2) is 11.5 Å². The summed E-state index contributed by atoms with van der Waals surface area (Å²) in [5.41, 5.74) is 0.624. The molecule has 0 atom stereocenters. The molecule has 0 bridgehead atoms. The molecule has 0 radical (unpaired) electrons. The molecule has 0 saturated carbocycles. The van der Waals surface area contributed by atoms with E-state index in [9.17, 15) is 10.2 Å². The van der Waals surface area contributed by atoms with Crippen LogP contribution in [0.1, 0.15) is 5.56 Å². The van der Waals surface area contributed by atoms with Gasteiger partial charge >= 0.3 is 0 Å². The molecule has 0 aliphatic carbocycles. The summed E-state index contributed by atoms with van der Waals surface area (Å²) in [6.07, 6.45) is 0. The predicted molar refractivity (Wildman–Crippen MR) is 67.1 cm³/mol. The number of aromatic hydroxyl groups is 2. The third kappa shape index (κ3) is 2.66. The first-order valence-electron chi connectivity index (χ1n) is 5.47. The van der Waals surface area contributed by atoms with E-state index in [2.05, 4.69) is 0 Å². The standard InChI is InChI=1S/C14H14O4/c1-17-11-7-6-10(13(16)8-11)9-18-14-5-3-2-4-12(14)15/h2-8,15-16H,9H2,1H3. The lowest BCUT2D eigenvalue weighted by atomic mass is 10.2. The maximum atomic E-state index is 9.75. The number of benzene rings is 2. The second-order valence-corrected chi connectivity index (χ2v) is 3.75. The molecule has 4 nitrogen and oxygen atoms in total. The van der Waals surface area contributed by atoms with Crippen molar-refractivity contribution in [3.63, 3.8) is 0 Å². The number of ether oxygens (including phenoxy) is 2. The van der Waals surface area contributed by atoms with Gasteiger partial charge in [-0.25, -0.2) is 0 Å². The molecule has 0 fully saturated rings. The second kappa shape index (κ2) is 5.31. The van der Waals surface area contributed by atoms with Gasteiger partial charge in [-0.2, -0.15) is 0 Å². The van der Waals surface area contributed by atoms with E-state index < -0.39 is 0 Å². The van der Waals surface area contributed by atoms with Crippen LogP contribution >= 0.6 is 0 Å². The minimum atomic E-state index is 0.0745. The first kappa shape index (κ1) is 12.1. The van der Waals surface area contributed by atoms with E-state index in [-0.39, 0.29) is 18.1 Å². The van der Waals surface area contributed by atoms with E-state index in [4.69, 9.17) is 9.47 Å². The van der Waals surface area contributed by atoms with Crippen LogP contribution in [0.25, 0.3) is 0 Å². The Morgan fingerprint density at radius 2 is 1.78 bits per heavy atom. The van der Waals surface area contributed by atoms with E-state index >= 15 is 0 Å². The molecule has 2 rings (SSSR count). The topological polar surface area (TPSA) is 58.9 Å². The normalized spacial score (nSPS) is 10.1. The van der Waals surface area contributed by atoms with Crippen LogP contribution in [0.2, 0.25) is 0 Å². The molecule has 94 valence electrons. The highest BCUT2D eigenvalue weighted by Gasteiger charge is 2.06. The highest BCUT2D eigenvalue weighted by atomic mass is 16.5. The van der Waals surface area contributed by atoms with E-state index in [1.807, 2.05) is 0 Å². The van der Waals surface area contributed by atoms with Crippen molar-refractivity contribution in [2.45, 2.75) is 6.61 Å². The molecule has 2 N–H and O–H groups in total. The zero-order valence-corrected chi connectivity index (χ0v) is 9.96. The van der Waals surface area contributed by atoms with Crippen molar-refractivity contribution >= 4 is 0 Å². The molecule has 18 heavy (non-hydrogen) atoms. The van der Waals surface area contributed by atoms with E-state index in [0.717, 1.165) is 0 Å². The van der Waals surface area contributed by atoms with Gasteiger partial charge in [-0.3, -0.25) is 0 Å². The summed E-state index contributed by atoms with van der Waals surface area (Å²) in [6, 6.07) is 11.7. The van der Waals surface area contributed by atoms with Crippen molar-refractivity contribution in [1.82, 2.24) is 0 Å². The van der Waals surface area contributed by atoms with Gasteiger partial charge in [0.1, 0.15) is 18.1 Å². The third-order valence-electron chi connectivity index (χ3n) is 2.54. The number of hydrogen-bond donors (Lipinski definition) is 2. The first-order chi connectivity index (χ1) is 8.70. The molecule has 0 aliphatic rings. The Morgan fingerprint density at radius 3 is 2.44 bits per heavy atom. The fourth-order valence-electron chi connectivity index (χ4n) is 1.53. The Bertz CT molecular complexity index is 537. The van der Waals surface area contributed by atoms with E-state index in [1.165, 1.54) is 13.2 Å². The van der Waals surface area contributed by atoms with Crippen LogP contribution in [0, 0.1) is 0 Å². The zero-order chi connectivity index (χ0) is 13.0. The highest BCUT2D eigenvalue weighted by molar-refractivity contribution is 5.41. The lowest BCUT2D eigenvalue weighted by molar-refractivity contribution is 0.283. The van der Waals surface area contributed by atoms with Crippen molar-refractivity contribution in [1.29, 1.82) is 0 Å². The molecule has 0 saturated heterocycles. The SMILES string of the molecule is COc1ccc(COc2ccccc2O)c(O)c1. The highest BCUT2D eigenvalue weighted by Crippen LogP contribution is 2.28. The second-order valence-electron chi connectivity index (χ2n) is 3.75. The molecule has 0 heterocycles. The van der Waals surface area contributed by atoms with Gasteiger partial charge in [0, 0.05) is 11.6 Å². The van der Waals surface area contributed by atoms with Gasteiger partial charge in [0.25, 0.3) is 0 Å². The van der Waals surface area contributed by atoms with E-state index in [0.29, 0.717) is 17.1 Å². The summed E-state index contributed by atoms with van der Waals surface area (Å²) in [7, 11) is 1.53. The zero-order valence-electron chi connectivity index (χ0n) is 9.96. The summed E-state index contributed by atoms with van der Waals surface area (Å²) in [6.45, 7) is 0.174. The third-order valence-corrected chi connectivity index (χ3v) is 2.54. The van der Waals surface area contributed by atoms with Crippen LogP contribution in [0.5, 0.6) is 23.0 Å². The summed E-state index contributed by atoms with van der Waals surface area (Å²) in [5.74, 6) is 1.14. The van der Waals surface area contributed by atoms with Gasteiger partial charge in [0.2, 0.25) is 0 Å². The summed E-state index contributed by atoms with van der Waals surface area (Å²) in [5, 5.41) is 19.3. The summed E-state index contributed by atoms with van der Waals surface area (Å²) >= 11 is 0. The van der Waals surface area contributed by atoms with Gasteiger partial charge < -0.3 is 19.7 Å². The van der Waals surface area contributed by atoms with Gasteiger partial charge in [-0.1, -0.05) is 12.1 Å². The lowest BCUT2D eigenvalue weighted by Crippen LogP contribution is -1.96. The van der Waals surface area contributed by atoms with Crippen LogP contribution in [0.4, 0.5) is 0 Å². The Kier molecular flexibility index (Phi) is 3.57. The minimum absolute atomic E-state index is 0.0745. The number of rotatable bonds is 4. The molecular formula is C14H14O4. The molecule has 0 unspecified atom stereocenters. The van der Waals surface area contributed by atoms with Crippen molar-refractivity contribution < 1.29 is 19.7 Å². The Hall–Kier alpha value is -2.36. The van der Waals surface area contributed by atoms with E-state index in [1.54, 1.807) is 36.4 Å². The summed E-state index contributed by atoms with van der Waals surface area (Å²) < 4.78 is 10.4. The molecular weight excluding hydrogens is 232 g/mol. The Labute approximate surface area is 105 Å². The minimum Gasteiger partial charge on any atom is -0.507 e. The molecule has 2 aromatic carbocycles. The Balaban J connectivity index is 2.09. The number of phenolic OH excluding ortho intramolecular Hbond substituents is 2. The van der Waals surface area contributed by atoms with Crippen LogP contribution in [-0.2, 0) is 6.61 Å². The number of methoxy groups -OCH3 is 1.